The molecule has 80 valence electrons. The van der Waals surface area contributed by atoms with E-state index in [0.717, 1.165) is 5.92 Å². The van der Waals surface area contributed by atoms with E-state index in [2.05, 4.69) is 49.7 Å². The lowest BCUT2D eigenvalue weighted by atomic mass is 9.97. The van der Waals surface area contributed by atoms with Gasteiger partial charge in [0, 0.05) is 14.6 Å². The summed E-state index contributed by atoms with van der Waals surface area (Å²) in [6.45, 7) is 8.99. The van der Waals surface area contributed by atoms with Gasteiger partial charge in [0.2, 0.25) is 0 Å². The number of hydrogen-bond donors (Lipinski definition) is 0. The van der Waals surface area contributed by atoms with Crippen LogP contribution >= 0.6 is 27.3 Å². The minimum absolute atomic E-state index is 0.535. The van der Waals surface area contributed by atoms with Gasteiger partial charge in [0.15, 0.2) is 0 Å². The van der Waals surface area contributed by atoms with Crippen LogP contribution in [0.1, 0.15) is 46.8 Å². The van der Waals surface area contributed by atoms with Crippen LogP contribution < -0.4 is 0 Å². The molecule has 0 nitrogen and oxygen atoms in total. The van der Waals surface area contributed by atoms with Gasteiger partial charge in [-0.25, -0.2) is 0 Å². The molecule has 1 aromatic rings. The Hall–Kier alpha value is 0.180. The van der Waals surface area contributed by atoms with Crippen molar-refractivity contribution in [3.63, 3.8) is 0 Å². The minimum Gasteiger partial charge on any atom is -0.146 e. The summed E-state index contributed by atoms with van der Waals surface area (Å²) in [4.78, 5) is 3.42. The molecule has 1 heterocycles. The van der Waals surface area contributed by atoms with Gasteiger partial charge in [-0.2, -0.15) is 0 Å². The Bertz CT molecular complexity index is 291. The van der Waals surface area contributed by atoms with Gasteiger partial charge < -0.3 is 0 Å². The van der Waals surface area contributed by atoms with Crippen LogP contribution in [0.3, 0.4) is 0 Å². The molecule has 0 amide bonds. The molecule has 14 heavy (non-hydrogen) atoms. The lowest BCUT2D eigenvalue weighted by molar-refractivity contribution is 0.518. The first kappa shape index (κ1) is 12.3. The highest BCUT2D eigenvalue weighted by atomic mass is 79.9. The predicted octanol–water partition coefficient (Wildman–Crippen LogP) is 5.24. The average Bonchev–Trinajstić information content (AvgIpc) is 2.44. The van der Waals surface area contributed by atoms with E-state index in [4.69, 9.17) is 0 Å². The topological polar surface area (TPSA) is 0 Å². The first-order chi connectivity index (χ1) is 6.56. The molecule has 0 spiro atoms. The van der Waals surface area contributed by atoms with Crippen LogP contribution in [0, 0.1) is 19.8 Å². The summed E-state index contributed by atoms with van der Waals surface area (Å²) >= 11 is 5.73. The summed E-state index contributed by atoms with van der Waals surface area (Å²) in [7, 11) is 0. The molecule has 2 unspecified atom stereocenters. The second-order valence-corrected chi connectivity index (χ2v) is 6.48. The normalized spacial score (nSPS) is 15.5. The summed E-state index contributed by atoms with van der Waals surface area (Å²) in [5.74, 6) is 0.729. The monoisotopic (exact) mass is 274 g/mol. The molecule has 0 aliphatic rings. The molecule has 0 aliphatic carbocycles. The first-order valence-electron chi connectivity index (χ1n) is 5.27. The number of halogens is 1. The number of hydrogen-bond acceptors (Lipinski definition) is 1. The van der Waals surface area contributed by atoms with E-state index in [0.29, 0.717) is 4.83 Å². The van der Waals surface area contributed by atoms with Gasteiger partial charge in [0.25, 0.3) is 0 Å². The molecule has 1 aromatic heterocycles. The van der Waals surface area contributed by atoms with Crippen molar-refractivity contribution in [3.05, 3.63) is 21.4 Å². The Morgan fingerprint density at radius 1 is 1.43 bits per heavy atom. The van der Waals surface area contributed by atoms with Gasteiger partial charge in [0.1, 0.15) is 0 Å². The zero-order chi connectivity index (χ0) is 10.7. The van der Waals surface area contributed by atoms with Crippen LogP contribution in [0.5, 0.6) is 0 Å². The third kappa shape index (κ3) is 2.83. The summed E-state index contributed by atoms with van der Waals surface area (Å²) in [5, 5.41) is 0. The molecule has 0 saturated carbocycles. The van der Waals surface area contributed by atoms with Crippen LogP contribution in [0.4, 0.5) is 0 Å². The van der Waals surface area contributed by atoms with Crippen molar-refractivity contribution >= 4 is 27.3 Å². The molecule has 0 N–H and O–H groups in total. The number of alkyl halides is 1. The third-order valence-corrected chi connectivity index (χ3v) is 5.00. The highest BCUT2D eigenvalue weighted by Crippen LogP contribution is 2.38. The highest BCUT2D eigenvalue weighted by Gasteiger charge is 2.18. The molecule has 2 heteroatoms. The second kappa shape index (κ2) is 5.32. The van der Waals surface area contributed by atoms with Crippen molar-refractivity contribution in [3.8, 4) is 0 Å². The first-order valence-corrected chi connectivity index (χ1v) is 7.00. The Labute approximate surface area is 99.9 Å². The van der Waals surface area contributed by atoms with Crippen molar-refractivity contribution in [1.82, 2.24) is 0 Å². The SMILES string of the molecule is CCCC(C)C(Br)c1cc(C)sc1C. The van der Waals surface area contributed by atoms with Gasteiger partial charge in [-0.05, 0) is 37.8 Å². The van der Waals surface area contributed by atoms with Crippen molar-refractivity contribution < 1.29 is 0 Å². The van der Waals surface area contributed by atoms with E-state index in [-0.39, 0.29) is 0 Å². The molecule has 0 aliphatic heterocycles. The fraction of sp³-hybridized carbons (Fsp3) is 0.667. The zero-order valence-electron chi connectivity index (χ0n) is 9.43. The van der Waals surface area contributed by atoms with Gasteiger partial charge >= 0.3 is 0 Å². The Morgan fingerprint density at radius 3 is 2.50 bits per heavy atom. The molecule has 0 radical (unpaired) electrons. The minimum atomic E-state index is 0.535. The van der Waals surface area contributed by atoms with E-state index < -0.39 is 0 Å². The quantitative estimate of drug-likeness (QED) is 0.659. The van der Waals surface area contributed by atoms with E-state index in [9.17, 15) is 0 Å². The van der Waals surface area contributed by atoms with Gasteiger partial charge in [0.05, 0.1) is 0 Å². The van der Waals surface area contributed by atoms with Crippen molar-refractivity contribution in [1.29, 1.82) is 0 Å². The summed E-state index contributed by atoms with van der Waals surface area (Å²) in [6, 6.07) is 2.32. The summed E-state index contributed by atoms with van der Waals surface area (Å²) in [5.41, 5.74) is 1.49. The maximum Gasteiger partial charge on any atom is 0.0431 e. The van der Waals surface area contributed by atoms with Gasteiger partial charge in [-0.1, -0.05) is 36.2 Å². The fourth-order valence-electron chi connectivity index (χ4n) is 1.83. The number of aryl methyl sites for hydroxylation is 2. The molecule has 0 bridgehead atoms. The Kier molecular flexibility index (Phi) is 4.65. The molecular weight excluding hydrogens is 256 g/mol. The maximum atomic E-state index is 3.82. The lowest BCUT2D eigenvalue weighted by Gasteiger charge is -2.17. The average molecular weight is 275 g/mol. The predicted molar refractivity (Wildman–Crippen MR) is 69.5 cm³/mol. The Morgan fingerprint density at radius 2 is 2.07 bits per heavy atom. The number of rotatable bonds is 4. The second-order valence-electron chi connectivity index (χ2n) is 4.04. The van der Waals surface area contributed by atoms with E-state index in [1.54, 1.807) is 0 Å². The molecule has 1 rings (SSSR count). The smallest absolute Gasteiger partial charge is 0.0431 e. The summed E-state index contributed by atoms with van der Waals surface area (Å²) < 4.78 is 0. The van der Waals surface area contributed by atoms with Crippen molar-refractivity contribution in [2.24, 2.45) is 5.92 Å². The zero-order valence-corrected chi connectivity index (χ0v) is 11.8. The van der Waals surface area contributed by atoms with Crippen molar-refractivity contribution in [2.75, 3.05) is 0 Å². The maximum absolute atomic E-state index is 3.82. The van der Waals surface area contributed by atoms with E-state index in [1.165, 1.54) is 28.2 Å². The summed E-state index contributed by atoms with van der Waals surface area (Å²) in [6.07, 6.45) is 2.57. The van der Waals surface area contributed by atoms with Crippen LogP contribution in [-0.2, 0) is 0 Å². The molecule has 2 atom stereocenters. The van der Waals surface area contributed by atoms with Crippen LogP contribution in [0.15, 0.2) is 6.07 Å². The largest absolute Gasteiger partial charge is 0.146 e. The third-order valence-electron chi connectivity index (χ3n) is 2.62. The fourth-order valence-corrected chi connectivity index (χ4v) is 3.70. The number of thiophene rings is 1. The Balaban J connectivity index is 2.77. The van der Waals surface area contributed by atoms with Gasteiger partial charge in [-0.15, -0.1) is 11.3 Å². The van der Waals surface area contributed by atoms with E-state index >= 15 is 0 Å². The lowest BCUT2D eigenvalue weighted by Crippen LogP contribution is -2.03. The van der Waals surface area contributed by atoms with E-state index in [1.807, 2.05) is 11.3 Å². The van der Waals surface area contributed by atoms with Crippen LogP contribution in [0.2, 0.25) is 0 Å². The molecule has 0 fully saturated rings. The van der Waals surface area contributed by atoms with Crippen molar-refractivity contribution in [2.45, 2.75) is 45.4 Å². The molecule has 0 aromatic carbocycles. The molecule has 0 saturated heterocycles. The van der Waals surface area contributed by atoms with Crippen LogP contribution in [-0.4, -0.2) is 0 Å². The standard InChI is InChI=1S/C12H19BrS/c1-5-6-8(2)12(13)11-7-9(3)14-10(11)4/h7-8,12H,5-6H2,1-4H3. The van der Waals surface area contributed by atoms with Gasteiger partial charge in [-0.3, -0.25) is 0 Å². The van der Waals surface area contributed by atoms with Crippen LogP contribution in [0.25, 0.3) is 0 Å². The highest BCUT2D eigenvalue weighted by molar-refractivity contribution is 9.09. The molecular formula is C12H19BrS.